The molecule has 0 aromatic heterocycles. The fourth-order valence-electron chi connectivity index (χ4n) is 8.16. The summed E-state index contributed by atoms with van der Waals surface area (Å²) < 4.78 is 11.8. The van der Waals surface area contributed by atoms with E-state index < -0.39 is 38.1 Å². The van der Waals surface area contributed by atoms with E-state index in [1.54, 1.807) is 23.8 Å². The van der Waals surface area contributed by atoms with Gasteiger partial charge < -0.3 is 45.9 Å². The number of likely N-dealkylation sites (tertiary alicyclic amines) is 1. The number of amides is 7. The molecule has 2 aliphatic rings. The third kappa shape index (κ3) is 15.8. The summed E-state index contributed by atoms with van der Waals surface area (Å²) in [5.74, 6) is -3.37. The van der Waals surface area contributed by atoms with Crippen LogP contribution in [0.15, 0.2) is 42.5 Å². The predicted molar refractivity (Wildman–Crippen MR) is 236 cm³/mol. The Morgan fingerprint density at radius 3 is 2.23 bits per heavy atom. The van der Waals surface area contributed by atoms with Gasteiger partial charge in [0.1, 0.15) is 0 Å². The van der Waals surface area contributed by atoms with Crippen LogP contribution in [0.4, 0.5) is 0 Å². The second-order valence-electron chi connectivity index (χ2n) is 16.2. The van der Waals surface area contributed by atoms with Gasteiger partial charge in [0.2, 0.25) is 29.5 Å². The summed E-state index contributed by atoms with van der Waals surface area (Å²) in [5, 5.41) is 8.64. The Kier molecular flexibility index (Phi) is 22.7. The monoisotopic (exact) mass is 887 g/mol. The molecule has 0 spiro atoms. The first-order chi connectivity index (χ1) is 29.7. The number of unbranched alkanes of at least 4 members (excludes halogenated alkanes) is 2. The maximum atomic E-state index is 14.0. The predicted octanol–water partition coefficient (Wildman–Crippen LogP) is 2.05. The molecule has 2 heterocycles. The molecule has 1 aromatic carbocycles. The number of nitrogens with one attached hydrogen (secondary N) is 3. The van der Waals surface area contributed by atoms with E-state index in [4.69, 9.17) is 15.2 Å². The highest BCUT2D eigenvalue weighted by molar-refractivity contribution is 7.53. The number of methoxy groups -OCH3 is 2. The molecule has 0 radical (unpaired) electrons. The van der Waals surface area contributed by atoms with E-state index in [9.17, 15) is 38.5 Å². The molecule has 62 heavy (non-hydrogen) atoms. The van der Waals surface area contributed by atoms with E-state index in [1.807, 2.05) is 44.2 Å². The molecular formula is C44H70N7O10P. The zero-order valence-corrected chi connectivity index (χ0v) is 38.3. The van der Waals surface area contributed by atoms with Gasteiger partial charge >= 0.3 is 0 Å². The fourth-order valence-corrected chi connectivity index (χ4v) is 9.49. The van der Waals surface area contributed by atoms with Gasteiger partial charge in [-0.1, -0.05) is 63.9 Å². The van der Waals surface area contributed by atoms with Crippen molar-refractivity contribution in [3.63, 3.8) is 0 Å². The van der Waals surface area contributed by atoms with Crippen LogP contribution in [0.5, 0.6) is 0 Å². The maximum absolute atomic E-state index is 14.0. The molecule has 346 valence electrons. The number of imide groups is 1. The quantitative estimate of drug-likeness (QED) is 0.0465. The van der Waals surface area contributed by atoms with Gasteiger partial charge in [-0.2, -0.15) is 0 Å². The molecule has 7 unspecified atom stereocenters. The number of hydrogen-bond donors (Lipinski definition) is 5. The van der Waals surface area contributed by atoms with Crippen molar-refractivity contribution in [1.82, 2.24) is 30.7 Å². The van der Waals surface area contributed by atoms with E-state index in [1.165, 1.54) is 31.3 Å². The molecule has 3 rings (SSSR count). The number of nitrogens with zero attached hydrogens (tertiary/aromatic N) is 3. The van der Waals surface area contributed by atoms with Gasteiger partial charge in [-0.15, -0.1) is 0 Å². The molecule has 2 aliphatic heterocycles. The molecule has 8 atom stereocenters. The smallest absolute Gasteiger partial charge is 0.253 e. The van der Waals surface area contributed by atoms with Gasteiger partial charge in [0.25, 0.3) is 11.8 Å². The third-order valence-corrected chi connectivity index (χ3v) is 13.6. The summed E-state index contributed by atoms with van der Waals surface area (Å²) in [7, 11) is 2.71. The number of nitrogens with two attached hydrogens (primary N) is 1. The summed E-state index contributed by atoms with van der Waals surface area (Å²) in [4.78, 5) is 105. The van der Waals surface area contributed by atoms with E-state index in [-0.39, 0.29) is 85.4 Å². The largest absolute Gasteiger partial charge is 0.379 e. The third-order valence-electron chi connectivity index (χ3n) is 11.9. The molecule has 0 aliphatic carbocycles. The zero-order chi connectivity index (χ0) is 45.8. The Morgan fingerprint density at radius 2 is 1.61 bits per heavy atom. The fraction of sp³-hybridized carbons (Fsp3) is 0.659. The minimum atomic E-state index is -2.02. The van der Waals surface area contributed by atoms with Crippen molar-refractivity contribution in [3.05, 3.63) is 48.0 Å². The van der Waals surface area contributed by atoms with Crippen molar-refractivity contribution in [3.8, 4) is 0 Å². The summed E-state index contributed by atoms with van der Waals surface area (Å²) in [6.45, 7) is 7.05. The van der Waals surface area contributed by atoms with Crippen molar-refractivity contribution in [2.24, 2.45) is 17.6 Å². The average molecular weight is 888 g/mol. The molecule has 6 N–H and O–H groups in total. The van der Waals surface area contributed by atoms with Crippen molar-refractivity contribution in [1.29, 1.82) is 0 Å². The Labute approximate surface area is 368 Å². The first kappa shape index (κ1) is 52.1. The van der Waals surface area contributed by atoms with E-state index in [0.29, 0.717) is 58.2 Å². The van der Waals surface area contributed by atoms with Crippen LogP contribution in [0.3, 0.4) is 0 Å². The molecule has 7 amide bonds. The first-order valence-electron chi connectivity index (χ1n) is 21.8. The van der Waals surface area contributed by atoms with E-state index in [0.717, 1.165) is 18.4 Å². The van der Waals surface area contributed by atoms with Gasteiger partial charge in [-0.25, -0.2) is 0 Å². The molecule has 17 nitrogen and oxygen atoms in total. The number of carbonyl (C=O) groups is 7. The van der Waals surface area contributed by atoms with Crippen LogP contribution in [0.2, 0.25) is 0 Å². The highest BCUT2D eigenvalue weighted by Gasteiger charge is 2.42. The van der Waals surface area contributed by atoms with Crippen LogP contribution in [-0.2, 0) is 49.5 Å². The van der Waals surface area contributed by atoms with Gasteiger partial charge in [0.05, 0.1) is 63.3 Å². The summed E-state index contributed by atoms with van der Waals surface area (Å²) >= 11 is 0. The molecule has 1 aromatic rings. The van der Waals surface area contributed by atoms with Crippen LogP contribution < -0.4 is 21.7 Å². The SMILES string of the molecule is CCC(C)C(C(CC(=O)N1CCCC1C(OC)C(C)C(=O)N[C@@H](Cc1ccccc1)P(O)CC(=O)NCCCNC(=O)CCCCCN1C(=O)C=CC1=O)OC)N(C)C(=O)CN. The van der Waals surface area contributed by atoms with Gasteiger partial charge in [0, 0.05) is 66.0 Å². The summed E-state index contributed by atoms with van der Waals surface area (Å²) in [5.41, 5.74) is 6.55. The lowest BCUT2D eigenvalue weighted by molar-refractivity contribution is -0.145. The lowest BCUT2D eigenvalue weighted by Crippen LogP contribution is -2.54. The lowest BCUT2D eigenvalue weighted by atomic mass is 9.90. The maximum Gasteiger partial charge on any atom is 0.253 e. The number of hydrogen-bond acceptors (Lipinski definition) is 11. The Hall–Kier alpha value is -4.28. The Morgan fingerprint density at radius 1 is 0.952 bits per heavy atom. The minimum absolute atomic E-state index is 0.0283. The van der Waals surface area contributed by atoms with Crippen LogP contribution in [0, 0.1) is 11.8 Å². The van der Waals surface area contributed by atoms with Gasteiger partial charge in [0.15, 0.2) is 0 Å². The Balaban J connectivity index is 1.54. The summed E-state index contributed by atoms with van der Waals surface area (Å²) in [6, 6.07) is 8.59. The number of ether oxygens (including phenoxy) is 2. The number of benzene rings is 1. The molecule has 18 heteroatoms. The van der Waals surface area contributed by atoms with E-state index >= 15 is 0 Å². The minimum Gasteiger partial charge on any atom is -0.379 e. The Bertz CT molecular complexity index is 1650. The lowest BCUT2D eigenvalue weighted by Gasteiger charge is -2.39. The molecule has 1 saturated heterocycles. The number of likely N-dealkylation sites (N-methyl/N-ethyl adjacent to an activating group) is 1. The summed E-state index contributed by atoms with van der Waals surface area (Å²) in [6.07, 6.45) is 6.17. The molecule has 1 fully saturated rings. The molecule has 0 bridgehead atoms. The number of carbonyl (C=O) groups excluding carboxylic acids is 7. The second-order valence-corrected chi connectivity index (χ2v) is 18.0. The van der Waals surface area contributed by atoms with Crippen LogP contribution >= 0.6 is 8.15 Å². The highest BCUT2D eigenvalue weighted by atomic mass is 31.1. The van der Waals surface area contributed by atoms with Crippen LogP contribution in [0.25, 0.3) is 0 Å². The standard InChI is InChI=1S/C44H70N7O10P/c1-7-30(2)42(49(4)41(57)28-45)34(60-5)27-40(56)50-25-14-18-33(50)43(61-6)31(3)44(58)48-37(26-32-16-10-8-11-17-32)62(59)29-36(53)47-23-15-22-46-35(52)19-12-9-13-24-51-38(54)20-21-39(51)55/h8,10-11,16-17,20-21,30-31,33-34,37,42-43,59H,7,9,12-15,18-19,22-29,45H2,1-6H3,(H,46,52)(H,47,53)(H,48,58)/t30?,31?,33?,34?,37-,42?,43?,62?/m1/s1. The van der Waals surface area contributed by atoms with Crippen LogP contribution in [0.1, 0.15) is 84.1 Å². The molecule has 0 saturated carbocycles. The number of rotatable bonds is 28. The average Bonchev–Trinajstić information content (AvgIpc) is 3.88. The van der Waals surface area contributed by atoms with Crippen molar-refractivity contribution in [2.45, 2.75) is 115 Å². The van der Waals surface area contributed by atoms with Crippen LogP contribution in [-0.4, -0.2) is 151 Å². The van der Waals surface area contributed by atoms with E-state index in [2.05, 4.69) is 16.0 Å². The normalized spacial score (nSPS) is 18.4. The first-order valence-corrected chi connectivity index (χ1v) is 23.4. The highest BCUT2D eigenvalue weighted by Crippen LogP contribution is 2.37. The second kappa shape index (κ2) is 27.0. The zero-order valence-electron chi connectivity index (χ0n) is 37.4. The van der Waals surface area contributed by atoms with Crippen molar-refractivity contribution in [2.75, 3.05) is 60.2 Å². The van der Waals surface area contributed by atoms with Gasteiger partial charge in [-0.05, 0) is 50.0 Å². The van der Waals surface area contributed by atoms with Gasteiger partial charge in [-0.3, -0.25) is 38.5 Å². The van der Waals surface area contributed by atoms with Crippen molar-refractivity contribution >= 4 is 49.5 Å². The topological polar surface area (TPSA) is 230 Å². The molecular weight excluding hydrogens is 817 g/mol. The van der Waals surface area contributed by atoms with Crippen molar-refractivity contribution < 1.29 is 47.9 Å².